The summed E-state index contributed by atoms with van der Waals surface area (Å²) in [6, 6.07) is 23.4. The fraction of sp³-hybridized carbons (Fsp3) is 0.364. The molecule has 0 spiro atoms. The smallest absolute Gasteiger partial charge is 0.306 e. The molecule has 2 atom stereocenters. The topological polar surface area (TPSA) is 110 Å². The van der Waals surface area contributed by atoms with Crippen LogP contribution in [0.15, 0.2) is 83.9 Å². The van der Waals surface area contributed by atoms with Crippen LogP contribution in [0, 0.1) is 6.92 Å². The summed E-state index contributed by atoms with van der Waals surface area (Å²) in [5.74, 6) is 0.148. The van der Waals surface area contributed by atoms with Crippen LogP contribution in [0.1, 0.15) is 60.6 Å². The Labute approximate surface area is 254 Å². The van der Waals surface area contributed by atoms with E-state index in [4.69, 9.17) is 9.47 Å². The van der Waals surface area contributed by atoms with Crippen LogP contribution in [0.5, 0.6) is 5.75 Å². The largest absolute Gasteiger partial charge is 0.487 e. The van der Waals surface area contributed by atoms with Crippen LogP contribution in [0.4, 0.5) is 0 Å². The SMILES string of the molecule is CCOC(=O)CC(CCc1cn(Cc2ccccc2)nn1)c1ccc(C)c(CN2CC(C)Oc3ccccc3S2(O)O)c1. The fourth-order valence-electron chi connectivity index (χ4n) is 5.45. The van der Waals surface area contributed by atoms with Crippen molar-refractivity contribution in [3.63, 3.8) is 0 Å². The number of para-hydroxylation sites is 1. The highest BCUT2D eigenvalue weighted by Crippen LogP contribution is 2.57. The number of ether oxygens (including phenoxy) is 2. The number of hydrogen-bond donors (Lipinski definition) is 2. The molecule has 2 heterocycles. The Hall–Kier alpha value is -3.70. The lowest BCUT2D eigenvalue weighted by atomic mass is 9.88. The van der Waals surface area contributed by atoms with Gasteiger partial charge in [-0.25, -0.2) is 4.68 Å². The summed E-state index contributed by atoms with van der Waals surface area (Å²) in [7, 11) is -3.28. The number of aromatic nitrogens is 3. The van der Waals surface area contributed by atoms with E-state index in [0.717, 1.165) is 27.9 Å². The summed E-state index contributed by atoms with van der Waals surface area (Å²) < 4.78 is 37.7. The average Bonchev–Trinajstić information content (AvgIpc) is 3.40. The lowest BCUT2D eigenvalue weighted by Gasteiger charge is -2.42. The van der Waals surface area contributed by atoms with Gasteiger partial charge in [0.15, 0.2) is 0 Å². The van der Waals surface area contributed by atoms with Crippen molar-refractivity contribution in [2.45, 2.75) is 70.0 Å². The minimum atomic E-state index is -3.28. The number of fused-ring (bicyclic) bond motifs is 1. The van der Waals surface area contributed by atoms with E-state index in [1.54, 1.807) is 22.5 Å². The van der Waals surface area contributed by atoms with E-state index in [1.165, 1.54) is 0 Å². The molecule has 0 saturated heterocycles. The Kier molecular flexibility index (Phi) is 9.82. The summed E-state index contributed by atoms with van der Waals surface area (Å²) in [6.07, 6.45) is 3.31. The van der Waals surface area contributed by atoms with Gasteiger partial charge in [0.05, 0.1) is 31.8 Å². The van der Waals surface area contributed by atoms with Crippen molar-refractivity contribution in [1.29, 1.82) is 0 Å². The molecule has 1 aliphatic heterocycles. The maximum absolute atomic E-state index is 12.7. The summed E-state index contributed by atoms with van der Waals surface area (Å²) in [5.41, 5.74) is 5.01. The van der Waals surface area contributed by atoms with Crippen LogP contribution in [0.3, 0.4) is 0 Å². The van der Waals surface area contributed by atoms with Crippen molar-refractivity contribution in [1.82, 2.24) is 19.3 Å². The first-order valence-corrected chi connectivity index (χ1v) is 16.2. The van der Waals surface area contributed by atoms with Gasteiger partial charge in [0.1, 0.15) is 16.7 Å². The van der Waals surface area contributed by atoms with Crippen LogP contribution < -0.4 is 4.74 Å². The van der Waals surface area contributed by atoms with E-state index in [2.05, 4.69) is 34.6 Å². The molecule has 0 bridgehead atoms. The molecule has 0 fully saturated rings. The molecule has 0 amide bonds. The third-order valence-electron chi connectivity index (χ3n) is 7.73. The zero-order chi connectivity index (χ0) is 30.4. The predicted octanol–water partition coefficient (Wildman–Crippen LogP) is 6.61. The Morgan fingerprint density at radius 2 is 1.86 bits per heavy atom. The molecule has 2 unspecified atom stereocenters. The Morgan fingerprint density at radius 3 is 2.65 bits per heavy atom. The van der Waals surface area contributed by atoms with Gasteiger partial charge in [-0.05, 0) is 73.9 Å². The first-order valence-electron chi connectivity index (χ1n) is 14.7. The molecule has 0 saturated carbocycles. The van der Waals surface area contributed by atoms with Gasteiger partial charge in [-0.3, -0.25) is 13.9 Å². The van der Waals surface area contributed by atoms with Gasteiger partial charge in [0.25, 0.3) is 0 Å². The minimum absolute atomic E-state index is 0.106. The highest BCUT2D eigenvalue weighted by atomic mass is 32.3. The molecular formula is C33H40N4O5S. The molecule has 1 aromatic heterocycles. The molecule has 0 aliphatic carbocycles. The van der Waals surface area contributed by atoms with Gasteiger partial charge < -0.3 is 9.47 Å². The van der Waals surface area contributed by atoms with Crippen molar-refractivity contribution in [2.75, 3.05) is 13.2 Å². The van der Waals surface area contributed by atoms with Crippen molar-refractivity contribution in [3.05, 3.63) is 107 Å². The van der Waals surface area contributed by atoms with Gasteiger partial charge in [-0.2, -0.15) is 4.31 Å². The molecule has 9 nitrogen and oxygen atoms in total. The number of benzene rings is 3. The number of rotatable bonds is 11. The molecule has 0 radical (unpaired) electrons. The predicted molar refractivity (Wildman–Crippen MR) is 167 cm³/mol. The minimum Gasteiger partial charge on any atom is -0.487 e. The Bertz CT molecular complexity index is 1530. The van der Waals surface area contributed by atoms with E-state index in [-0.39, 0.29) is 24.4 Å². The van der Waals surface area contributed by atoms with Gasteiger partial charge in [0, 0.05) is 12.7 Å². The average molecular weight is 605 g/mol. The second-order valence-corrected chi connectivity index (χ2v) is 13.0. The third kappa shape index (κ3) is 7.64. The standard InChI is InChI=1S/C33H40N4O5S/c1-4-41-33(38)19-28(16-17-30-23-36(35-34-30)21-26-10-6-5-7-11-26)27-15-14-24(2)29(18-27)22-37-20-25(3)42-31-12-8-9-13-32(31)43(37,39)40/h5-15,18,23,25,28,39-40H,4,16-17,19-22H2,1-3H3. The van der Waals surface area contributed by atoms with Gasteiger partial charge >= 0.3 is 5.97 Å². The van der Waals surface area contributed by atoms with Crippen LogP contribution in [0.2, 0.25) is 0 Å². The molecule has 4 aromatic rings. The van der Waals surface area contributed by atoms with E-state index in [9.17, 15) is 13.9 Å². The third-order valence-corrected chi connectivity index (χ3v) is 9.65. The molecule has 3 aromatic carbocycles. The molecule has 5 rings (SSSR count). The van der Waals surface area contributed by atoms with E-state index in [0.29, 0.717) is 49.7 Å². The lowest BCUT2D eigenvalue weighted by Crippen LogP contribution is -2.33. The zero-order valence-electron chi connectivity index (χ0n) is 24.9. The number of esters is 1. The number of carbonyl (C=O) groups excluding carboxylic acids is 1. The monoisotopic (exact) mass is 604 g/mol. The van der Waals surface area contributed by atoms with E-state index < -0.39 is 10.8 Å². The van der Waals surface area contributed by atoms with Crippen molar-refractivity contribution in [2.24, 2.45) is 0 Å². The number of aryl methyl sites for hydroxylation is 2. The van der Waals surface area contributed by atoms with E-state index in [1.807, 2.05) is 62.0 Å². The second-order valence-electron chi connectivity index (χ2n) is 11.0. The zero-order valence-corrected chi connectivity index (χ0v) is 25.7. The summed E-state index contributed by atoms with van der Waals surface area (Å²) in [5, 5.41) is 8.68. The van der Waals surface area contributed by atoms with Crippen LogP contribution in [-0.2, 0) is 29.0 Å². The molecule has 43 heavy (non-hydrogen) atoms. The van der Waals surface area contributed by atoms with Crippen molar-refractivity contribution >= 4 is 16.7 Å². The molecule has 1 aliphatic rings. The van der Waals surface area contributed by atoms with Crippen molar-refractivity contribution < 1.29 is 23.4 Å². The maximum atomic E-state index is 12.7. The quantitative estimate of drug-likeness (QED) is 0.184. The second kappa shape index (κ2) is 13.7. The highest BCUT2D eigenvalue weighted by molar-refractivity contribution is 8.22. The highest BCUT2D eigenvalue weighted by Gasteiger charge is 2.34. The lowest BCUT2D eigenvalue weighted by molar-refractivity contribution is -0.143. The summed E-state index contributed by atoms with van der Waals surface area (Å²) >= 11 is 0. The maximum Gasteiger partial charge on any atom is 0.306 e. The van der Waals surface area contributed by atoms with Crippen LogP contribution in [0.25, 0.3) is 0 Å². The van der Waals surface area contributed by atoms with Crippen LogP contribution >= 0.6 is 10.8 Å². The number of nitrogens with zero attached hydrogens (tertiary/aromatic N) is 4. The van der Waals surface area contributed by atoms with E-state index >= 15 is 0 Å². The Balaban J connectivity index is 1.35. The Morgan fingerprint density at radius 1 is 1.09 bits per heavy atom. The van der Waals surface area contributed by atoms with Gasteiger partial charge in [0.2, 0.25) is 0 Å². The normalized spacial score (nSPS) is 17.7. The first kappa shape index (κ1) is 30.7. The van der Waals surface area contributed by atoms with Gasteiger partial charge in [-0.15, -0.1) is 15.9 Å². The van der Waals surface area contributed by atoms with Gasteiger partial charge in [-0.1, -0.05) is 65.9 Å². The molecule has 228 valence electrons. The molecule has 2 N–H and O–H groups in total. The van der Waals surface area contributed by atoms with Crippen LogP contribution in [-0.4, -0.2) is 53.6 Å². The fourth-order valence-corrected chi connectivity index (χ4v) is 7.11. The summed E-state index contributed by atoms with van der Waals surface area (Å²) in [6.45, 7) is 7.40. The number of carbonyl (C=O) groups is 1. The molecule has 10 heteroatoms. The van der Waals surface area contributed by atoms with Crippen molar-refractivity contribution in [3.8, 4) is 5.75 Å². The summed E-state index contributed by atoms with van der Waals surface area (Å²) in [4.78, 5) is 13.0. The number of hydrogen-bond acceptors (Lipinski definition) is 8. The molecular weight excluding hydrogens is 564 g/mol. The first-order chi connectivity index (χ1) is 20.7.